The fraction of sp³-hybridized carbons (Fsp3) is 0.500. The molecule has 2 heterocycles. The first-order valence-corrected chi connectivity index (χ1v) is 6.60. The molecule has 0 unspecified atom stereocenters. The van der Waals surface area contributed by atoms with Crippen molar-refractivity contribution in [3.05, 3.63) is 29.4 Å². The summed E-state index contributed by atoms with van der Waals surface area (Å²) in [5.74, 6) is 0. The molecule has 0 aromatic carbocycles. The van der Waals surface area contributed by atoms with Crippen LogP contribution in [0.3, 0.4) is 0 Å². The van der Waals surface area contributed by atoms with Crippen LogP contribution in [0.1, 0.15) is 41.5 Å². The van der Waals surface area contributed by atoms with Crippen molar-refractivity contribution in [2.75, 3.05) is 0 Å². The summed E-state index contributed by atoms with van der Waals surface area (Å²) in [6, 6.07) is 0. The lowest BCUT2D eigenvalue weighted by atomic mass is 10.7. The van der Waals surface area contributed by atoms with Crippen molar-refractivity contribution in [2.24, 2.45) is 0 Å². The molecule has 0 aliphatic carbocycles. The number of halogens is 1. The Kier molecular flexibility index (Phi) is 13.3. The Labute approximate surface area is 107 Å². The third-order valence-electron chi connectivity index (χ3n) is 1.27. The number of fused-ring (bicyclic) bond motifs is 1. The molecule has 0 N–H and O–H groups in total. The zero-order valence-electron chi connectivity index (χ0n) is 11.0. The summed E-state index contributed by atoms with van der Waals surface area (Å²) in [5, 5.41) is 0. The van der Waals surface area contributed by atoms with Gasteiger partial charge in [0, 0.05) is 12.4 Å². The van der Waals surface area contributed by atoms with Gasteiger partial charge in [-0.15, -0.1) is 0 Å². The fourth-order valence-corrected chi connectivity index (χ4v) is 1.24. The molecule has 0 fully saturated rings. The number of hydrogen-bond acceptors (Lipinski definition) is 2. The number of hydrogen-bond donors (Lipinski definition) is 0. The molecule has 2 rings (SSSR count). The van der Waals surface area contributed by atoms with E-state index >= 15 is 0 Å². The van der Waals surface area contributed by atoms with Gasteiger partial charge in [-0.05, 0) is 15.9 Å². The van der Waals surface area contributed by atoms with Crippen LogP contribution in [0.2, 0.25) is 0 Å². The monoisotopic (exact) mass is 287 g/mol. The van der Waals surface area contributed by atoms with E-state index in [1.165, 1.54) is 0 Å². The van der Waals surface area contributed by atoms with Gasteiger partial charge < -0.3 is 0 Å². The van der Waals surface area contributed by atoms with Gasteiger partial charge in [-0.2, -0.15) is 0 Å². The first-order chi connectivity index (χ1) is 7.88. The van der Waals surface area contributed by atoms with Crippen LogP contribution in [0.15, 0.2) is 29.4 Å². The molecule has 0 amide bonds. The standard InChI is InChI=1S/C6H4BrN3.3C2H6/c7-5-3-8-4-6-9-1-2-10(5)6;3*1-2/h1-4H;3*1-2H3. The fourth-order valence-electron chi connectivity index (χ4n) is 0.819. The van der Waals surface area contributed by atoms with Gasteiger partial charge >= 0.3 is 0 Å². The van der Waals surface area contributed by atoms with Crippen molar-refractivity contribution in [1.82, 2.24) is 14.4 Å². The van der Waals surface area contributed by atoms with Crippen molar-refractivity contribution in [3.8, 4) is 0 Å². The summed E-state index contributed by atoms with van der Waals surface area (Å²) in [6.45, 7) is 12.0. The Morgan fingerprint density at radius 1 is 1.00 bits per heavy atom. The van der Waals surface area contributed by atoms with Crippen LogP contribution in [0.5, 0.6) is 0 Å². The van der Waals surface area contributed by atoms with Crippen LogP contribution >= 0.6 is 15.9 Å². The van der Waals surface area contributed by atoms with Gasteiger partial charge in [-0.25, -0.2) is 4.98 Å². The molecule has 0 aliphatic rings. The minimum absolute atomic E-state index is 0.856. The lowest BCUT2D eigenvalue weighted by Gasteiger charge is -1.93. The largest absolute Gasteiger partial charge is 0.291 e. The highest BCUT2D eigenvalue weighted by Gasteiger charge is 1.94. The van der Waals surface area contributed by atoms with Gasteiger partial charge in [-0.1, -0.05) is 41.5 Å². The molecule has 0 saturated heterocycles. The summed E-state index contributed by atoms with van der Waals surface area (Å²) in [7, 11) is 0. The molecule has 0 bridgehead atoms. The molecular weight excluding hydrogens is 266 g/mol. The topological polar surface area (TPSA) is 30.2 Å². The summed E-state index contributed by atoms with van der Waals surface area (Å²) in [4.78, 5) is 8.00. The van der Waals surface area contributed by atoms with E-state index in [0.717, 1.165) is 10.3 Å². The highest BCUT2D eigenvalue weighted by atomic mass is 79.9. The second-order valence-corrected chi connectivity index (χ2v) is 2.70. The molecule has 0 spiro atoms. The molecular formula is C12H22BrN3. The second kappa shape index (κ2) is 12.2. The van der Waals surface area contributed by atoms with Crippen LogP contribution in [0.25, 0.3) is 5.65 Å². The van der Waals surface area contributed by atoms with E-state index in [-0.39, 0.29) is 0 Å². The smallest absolute Gasteiger partial charge is 0.156 e. The van der Waals surface area contributed by atoms with Gasteiger partial charge in [0.2, 0.25) is 0 Å². The number of nitrogens with zero attached hydrogens (tertiary/aromatic N) is 3. The highest BCUT2D eigenvalue weighted by Crippen LogP contribution is 2.08. The van der Waals surface area contributed by atoms with Crippen molar-refractivity contribution in [3.63, 3.8) is 0 Å². The van der Waals surface area contributed by atoms with Crippen LogP contribution in [0, 0.1) is 0 Å². The minimum Gasteiger partial charge on any atom is -0.291 e. The third kappa shape index (κ3) is 5.26. The van der Waals surface area contributed by atoms with Gasteiger partial charge in [0.25, 0.3) is 0 Å². The van der Waals surface area contributed by atoms with Crippen LogP contribution in [-0.2, 0) is 0 Å². The van der Waals surface area contributed by atoms with Crippen LogP contribution < -0.4 is 0 Å². The molecule has 16 heavy (non-hydrogen) atoms. The molecule has 4 heteroatoms. The Morgan fingerprint density at radius 2 is 1.56 bits per heavy atom. The van der Waals surface area contributed by atoms with Gasteiger partial charge in [0.15, 0.2) is 5.65 Å². The number of aromatic nitrogens is 3. The van der Waals surface area contributed by atoms with Crippen molar-refractivity contribution in [1.29, 1.82) is 0 Å². The maximum Gasteiger partial charge on any atom is 0.156 e. The maximum absolute atomic E-state index is 4.05. The zero-order valence-corrected chi connectivity index (χ0v) is 12.6. The SMILES string of the molecule is Brc1cncc2nccn12.CC.CC.CC. The first-order valence-electron chi connectivity index (χ1n) is 5.80. The van der Waals surface area contributed by atoms with E-state index in [2.05, 4.69) is 25.9 Å². The highest BCUT2D eigenvalue weighted by molar-refractivity contribution is 9.10. The summed E-state index contributed by atoms with van der Waals surface area (Å²) in [6.07, 6.45) is 7.06. The summed E-state index contributed by atoms with van der Waals surface area (Å²) in [5.41, 5.74) is 0.856. The van der Waals surface area contributed by atoms with E-state index in [9.17, 15) is 0 Å². The summed E-state index contributed by atoms with van der Waals surface area (Å²) < 4.78 is 2.83. The minimum atomic E-state index is 0.856. The molecule has 0 saturated carbocycles. The molecule has 2 aromatic heterocycles. The van der Waals surface area contributed by atoms with Gasteiger partial charge in [0.05, 0.1) is 12.4 Å². The van der Waals surface area contributed by atoms with Gasteiger partial charge in [0.1, 0.15) is 4.60 Å². The normalized spacial score (nSPS) is 7.69. The van der Waals surface area contributed by atoms with Crippen molar-refractivity contribution >= 4 is 21.6 Å². The average molecular weight is 288 g/mol. The maximum atomic E-state index is 4.05. The predicted octanol–water partition coefficient (Wildman–Crippen LogP) is 4.57. The quantitative estimate of drug-likeness (QED) is 0.710. The second-order valence-electron chi connectivity index (χ2n) is 1.89. The first kappa shape index (κ1) is 17.5. The molecule has 3 nitrogen and oxygen atoms in total. The Morgan fingerprint density at radius 3 is 2.06 bits per heavy atom. The third-order valence-corrected chi connectivity index (χ3v) is 1.86. The average Bonchev–Trinajstić information content (AvgIpc) is 2.87. The number of rotatable bonds is 0. The van der Waals surface area contributed by atoms with Crippen molar-refractivity contribution in [2.45, 2.75) is 41.5 Å². The predicted molar refractivity (Wildman–Crippen MR) is 74.7 cm³/mol. The summed E-state index contributed by atoms with van der Waals surface area (Å²) >= 11 is 3.34. The molecule has 0 atom stereocenters. The molecule has 0 radical (unpaired) electrons. The van der Waals surface area contributed by atoms with Crippen LogP contribution in [-0.4, -0.2) is 14.4 Å². The Hall–Kier alpha value is -0.900. The Balaban J connectivity index is 0. The lowest BCUT2D eigenvalue weighted by Crippen LogP contribution is -1.85. The molecule has 92 valence electrons. The van der Waals surface area contributed by atoms with E-state index < -0.39 is 0 Å². The zero-order chi connectivity index (χ0) is 13.0. The number of imidazole rings is 1. The van der Waals surface area contributed by atoms with E-state index in [1.807, 2.05) is 52.1 Å². The molecule has 0 aliphatic heterocycles. The van der Waals surface area contributed by atoms with E-state index in [1.54, 1.807) is 18.6 Å². The Bertz CT molecular complexity index is 358. The van der Waals surface area contributed by atoms with E-state index in [0.29, 0.717) is 0 Å². The van der Waals surface area contributed by atoms with E-state index in [4.69, 9.17) is 0 Å². The van der Waals surface area contributed by atoms with Crippen LogP contribution in [0.4, 0.5) is 0 Å². The van der Waals surface area contributed by atoms with Crippen molar-refractivity contribution < 1.29 is 0 Å². The molecule has 2 aromatic rings. The lowest BCUT2D eigenvalue weighted by molar-refractivity contribution is 1.09. The van der Waals surface area contributed by atoms with Gasteiger partial charge in [-0.3, -0.25) is 9.38 Å².